The van der Waals surface area contributed by atoms with E-state index in [2.05, 4.69) is 171 Å². The first kappa shape index (κ1) is 37.6. The fraction of sp³-hybridized carbons (Fsp3) is 0.0800. The quantitative estimate of drug-likeness (QED) is 0.123. The molecule has 0 N–H and O–H groups in total. The van der Waals surface area contributed by atoms with Crippen LogP contribution in [0.5, 0.6) is 0 Å². The number of hydrogen-bond acceptors (Lipinski definition) is 3. The molecular weight excluding hydrogens is 865 g/mol. The summed E-state index contributed by atoms with van der Waals surface area (Å²) in [7, 11) is -1.29. The number of furan rings is 1. The molecule has 0 aliphatic rings. The average Bonchev–Trinajstić information content (AvgIpc) is 3.60. The molecule has 0 saturated heterocycles. The van der Waals surface area contributed by atoms with Gasteiger partial charge in [-0.2, -0.15) is 0 Å². The number of fused-ring (bicyclic) bond motifs is 3. The maximum absolute atomic E-state index is 6.38. The van der Waals surface area contributed by atoms with Crippen LogP contribution in [0.25, 0.3) is 77.8 Å². The summed E-state index contributed by atoms with van der Waals surface area (Å²) in [6.45, 7) is 9.14. The van der Waals surface area contributed by atoms with Crippen LogP contribution in [-0.4, -0.2) is 18.0 Å². The molecule has 0 fully saturated rings. The third-order valence-electron chi connectivity index (χ3n) is 9.81. The average molecular weight is 905 g/mol. The van der Waals surface area contributed by atoms with Crippen LogP contribution in [0.1, 0.15) is 5.56 Å². The van der Waals surface area contributed by atoms with Crippen LogP contribution in [0.4, 0.5) is 0 Å². The molecule has 0 saturated carbocycles. The van der Waals surface area contributed by atoms with Gasteiger partial charge in [0, 0.05) is 43.4 Å². The van der Waals surface area contributed by atoms with Crippen LogP contribution >= 0.6 is 0 Å². The number of aryl methyl sites for hydroxylation is 1. The number of pyridine rings is 2. The second-order valence-corrected chi connectivity index (χ2v) is 19.6. The summed E-state index contributed by atoms with van der Waals surface area (Å²) in [4.78, 5) is 9.43. The van der Waals surface area contributed by atoms with Gasteiger partial charge in [0.1, 0.15) is 5.58 Å². The monoisotopic (exact) mass is 905 g/mol. The van der Waals surface area contributed by atoms with Gasteiger partial charge < -0.3 is 14.4 Å². The Morgan fingerprint density at radius 3 is 1.76 bits per heavy atom. The van der Waals surface area contributed by atoms with E-state index in [4.69, 9.17) is 9.40 Å². The van der Waals surface area contributed by atoms with Crippen LogP contribution < -0.4 is 5.19 Å². The fourth-order valence-electron chi connectivity index (χ4n) is 6.78. The molecule has 3 nitrogen and oxygen atoms in total. The Hall–Kier alpha value is -5.71. The van der Waals surface area contributed by atoms with Gasteiger partial charge >= 0.3 is 0 Å². The van der Waals surface area contributed by atoms with E-state index in [0.717, 1.165) is 55.6 Å². The minimum atomic E-state index is -1.29. The van der Waals surface area contributed by atoms with E-state index in [-0.39, 0.29) is 20.1 Å². The van der Waals surface area contributed by atoms with E-state index in [9.17, 15) is 0 Å². The maximum Gasteiger partial charge on any atom is 0.121 e. The first-order valence-electron chi connectivity index (χ1n) is 18.3. The summed E-state index contributed by atoms with van der Waals surface area (Å²) in [5, 5.41) is 3.57. The number of benzene rings is 6. The molecule has 0 bridgehead atoms. The Labute approximate surface area is 338 Å². The van der Waals surface area contributed by atoms with Crippen LogP contribution in [0.15, 0.2) is 175 Å². The SMILES string of the molecule is C[Si](C)(C)c1ccc(-c2[c-]ccc(-c3ccccc3)c2)nc1.Cc1cc(-c2[c-]ccc3c2oc2cc(-c4ccccc4)ccc23)ncc1-c1ccccc1.[Ir]. The first-order chi connectivity index (χ1) is 26.3. The van der Waals surface area contributed by atoms with E-state index >= 15 is 0 Å². The van der Waals surface area contributed by atoms with Gasteiger partial charge in [0.2, 0.25) is 0 Å². The molecule has 3 heterocycles. The molecule has 9 rings (SSSR count). The molecule has 9 aromatic rings. The predicted octanol–water partition coefficient (Wildman–Crippen LogP) is 12.8. The first-order valence-corrected chi connectivity index (χ1v) is 21.8. The molecule has 0 amide bonds. The zero-order valence-corrected chi connectivity index (χ0v) is 34.7. The van der Waals surface area contributed by atoms with Crippen molar-refractivity contribution in [2.75, 3.05) is 0 Å². The van der Waals surface area contributed by atoms with Crippen LogP contribution in [0.2, 0.25) is 19.6 Å². The predicted molar refractivity (Wildman–Crippen MR) is 228 cm³/mol. The van der Waals surface area contributed by atoms with Gasteiger partial charge in [-0.25, -0.2) is 0 Å². The standard InChI is InChI=1S/C30H20NO.C20H20NSi.Ir/c1-20-17-28(31-19-27(20)22-11-6-3-7-12-22)26-14-8-13-25-24-16-15-23(18-29(24)32-30(25)26)21-9-4-2-5-10-21;1-22(2,3)19-12-13-20(21-15-19)18-11-7-10-17(14-18)16-8-5-4-6-9-16;/h2-13,15-19H,1H3;4-10,12-15H,1-3H3;/q2*-1;. The normalized spacial score (nSPS) is 11.1. The zero-order valence-electron chi connectivity index (χ0n) is 31.3. The van der Waals surface area contributed by atoms with Crippen molar-refractivity contribution in [3.8, 4) is 55.9 Å². The van der Waals surface area contributed by atoms with Gasteiger partial charge in [-0.15, -0.1) is 53.6 Å². The Kier molecular flexibility index (Phi) is 11.2. The fourth-order valence-corrected chi connectivity index (χ4v) is 7.81. The van der Waals surface area contributed by atoms with Crippen LogP contribution in [0.3, 0.4) is 0 Å². The summed E-state index contributed by atoms with van der Waals surface area (Å²) in [6.07, 6.45) is 3.98. The Morgan fingerprint density at radius 2 is 1.15 bits per heavy atom. The summed E-state index contributed by atoms with van der Waals surface area (Å²) in [5.41, 5.74) is 13.7. The molecule has 0 aliphatic heterocycles. The smallest absolute Gasteiger partial charge is 0.121 e. The molecule has 3 aromatic heterocycles. The van der Waals surface area contributed by atoms with Crippen molar-refractivity contribution in [1.82, 2.24) is 9.97 Å². The summed E-state index contributed by atoms with van der Waals surface area (Å²) < 4.78 is 6.38. The molecular formula is C50H40IrN2OSi-2. The van der Waals surface area contributed by atoms with Crippen LogP contribution in [0, 0.1) is 19.1 Å². The van der Waals surface area contributed by atoms with Crippen molar-refractivity contribution >= 4 is 35.2 Å². The third-order valence-corrected chi connectivity index (χ3v) is 11.8. The van der Waals surface area contributed by atoms with Gasteiger partial charge in [-0.3, -0.25) is 0 Å². The van der Waals surface area contributed by atoms with Crippen molar-refractivity contribution < 1.29 is 24.5 Å². The molecule has 0 spiro atoms. The summed E-state index contributed by atoms with van der Waals surface area (Å²) in [6, 6.07) is 60.9. The Morgan fingerprint density at radius 1 is 0.527 bits per heavy atom. The van der Waals surface area contributed by atoms with Gasteiger partial charge in [0.25, 0.3) is 0 Å². The van der Waals surface area contributed by atoms with Crippen molar-refractivity contribution in [3.05, 3.63) is 188 Å². The molecule has 1 radical (unpaired) electrons. The number of nitrogens with zero attached hydrogens (tertiary/aromatic N) is 2. The molecule has 0 atom stereocenters. The van der Waals surface area contributed by atoms with Gasteiger partial charge in [-0.1, -0.05) is 152 Å². The Balaban J connectivity index is 0.000000178. The number of aromatic nitrogens is 2. The molecule has 6 aromatic carbocycles. The van der Waals surface area contributed by atoms with Gasteiger partial charge in [0.05, 0.1) is 13.7 Å². The van der Waals surface area contributed by atoms with E-state index in [0.29, 0.717) is 0 Å². The number of rotatable bonds is 6. The van der Waals surface area contributed by atoms with Gasteiger partial charge in [-0.05, 0) is 57.4 Å². The maximum atomic E-state index is 6.38. The second kappa shape index (κ2) is 16.3. The third kappa shape index (κ3) is 8.20. The molecule has 55 heavy (non-hydrogen) atoms. The molecule has 271 valence electrons. The number of hydrogen-bond donors (Lipinski definition) is 0. The van der Waals surface area contributed by atoms with E-state index in [1.807, 2.05) is 42.7 Å². The van der Waals surface area contributed by atoms with Crippen molar-refractivity contribution in [2.45, 2.75) is 26.6 Å². The summed E-state index contributed by atoms with van der Waals surface area (Å²) in [5.74, 6) is 0. The zero-order chi connectivity index (χ0) is 37.1. The summed E-state index contributed by atoms with van der Waals surface area (Å²) >= 11 is 0. The minimum Gasteiger partial charge on any atom is -0.501 e. The van der Waals surface area contributed by atoms with E-state index in [1.165, 1.54) is 33.0 Å². The van der Waals surface area contributed by atoms with Crippen molar-refractivity contribution in [2.24, 2.45) is 0 Å². The van der Waals surface area contributed by atoms with E-state index in [1.54, 1.807) is 0 Å². The van der Waals surface area contributed by atoms with Crippen molar-refractivity contribution in [3.63, 3.8) is 0 Å². The van der Waals surface area contributed by atoms with Gasteiger partial charge in [0.15, 0.2) is 0 Å². The Bertz CT molecular complexity index is 2690. The largest absolute Gasteiger partial charge is 0.501 e. The van der Waals surface area contributed by atoms with E-state index < -0.39 is 8.07 Å². The minimum absolute atomic E-state index is 0. The van der Waals surface area contributed by atoms with Crippen LogP contribution in [-0.2, 0) is 20.1 Å². The topological polar surface area (TPSA) is 38.9 Å². The molecule has 5 heteroatoms. The molecule has 0 unspecified atom stereocenters. The van der Waals surface area contributed by atoms with Crippen molar-refractivity contribution in [1.29, 1.82) is 0 Å². The molecule has 0 aliphatic carbocycles. The second-order valence-electron chi connectivity index (χ2n) is 14.6.